The van der Waals surface area contributed by atoms with Gasteiger partial charge in [-0.3, -0.25) is 9.78 Å². The van der Waals surface area contributed by atoms with Crippen LogP contribution in [0, 0.1) is 6.92 Å². The van der Waals surface area contributed by atoms with Gasteiger partial charge in [0.25, 0.3) is 0 Å². The number of pyridine rings is 3. The molecule has 0 unspecified atom stereocenters. The largest absolute Gasteiger partial charge is 0.354 e. The molecule has 0 N–H and O–H groups in total. The maximum absolute atomic E-state index is 13.0. The normalized spacial score (nSPS) is 14.8. The molecule has 4 aromatic rings. The second-order valence-corrected chi connectivity index (χ2v) is 9.01. The van der Waals surface area contributed by atoms with E-state index in [1.807, 2.05) is 36.6 Å². The fourth-order valence-corrected chi connectivity index (χ4v) is 4.58. The van der Waals surface area contributed by atoms with Crippen molar-refractivity contribution in [2.45, 2.75) is 13.3 Å². The third-order valence-corrected chi connectivity index (χ3v) is 6.69. The van der Waals surface area contributed by atoms with Crippen molar-refractivity contribution in [3.05, 3.63) is 65.1 Å². The highest BCUT2D eigenvalue weighted by Crippen LogP contribution is 2.24. The van der Waals surface area contributed by atoms with Gasteiger partial charge in [0.1, 0.15) is 10.8 Å². The van der Waals surface area contributed by atoms with Gasteiger partial charge < -0.3 is 9.80 Å². The van der Waals surface area contributed by atoms with Crippen LogP contribution in [0.4, 0.5) is 5.82 Å². The van der Waals surface area contributed by atoms with Crippen LogP contribution in [-0.2, 0) is 6.42 Å². The molecule has 0 atom stereocenters. The van der Waals surface area contributed by atoms with Crippen LogP contribution in [0.1, 0.15) is 21.7 Å². The van der Waals surface area contributed by atoms with Gasteiger partial charge in [0.2, 0.25) is 0 Å². The molecule has 32 heavy (non-hydrogen) atoms. The van der Waals surface area contributed by atoms with E-state index in [9.17, 15) is 4.79 Å². The highest BCUT2D eigenvalue weighted by molar-refractivity contribution is 7.13. The lowest BCUT2D eigenvalue weighted by Crippen LogP contribution is -2.44. The smallest absolute Gasteiger partial charge is 0.169 e. The number of thiazole rings is 1. The Labute approximate surface area is 190 Å². The lowest BCUT2D eigenvalue weighted by molar-refractivity contribution is 0.0992. The number of ketones is 1. The average molecular weight is 445 g/mol. The summed E-state index contributed by atoms with van der Waals surface area (Å²) in [6, 6.07) is 9.54. The third kappa shape index (κ3) is 4.37. The fourth-order valence-electron chi connectivity index (χ4n) is 3.81. The van der Waals surface area contributed by atoms with Gasteiger partial charge in [0.15, 0.2) is 5.78 Å². The predicted octanol–water partition coefficient (Wildman–Crippen LogP) is 3.63. The summed E-state index contributed by atoms with van der Waals surface area (Å²) >= 11 is 1.58. The Hall–Kier alpha value is -3.23. The van der Waals surface area contributed by atoms with Gasteiger partial charge >= 0.3 is 0 Å². The molecular formula is C24H24N6OS. The first kappa shape index (κ1) is 20.7. The number of carbonyl (C=O) groups excluding carboxylic acids is 1. The number of likely N-dealkylation sites (N-methyl/N-ethyl adjacent to an activating group) is 1. The van der Waals surface area contributed by atoms with Crippen molar-refractivity contribution in [2.75, 3.05) is 38.1 Å². The van der Waals surface area contributed by atoms with Crippen LogP contribution in [-0.4, -0.2) is 63.8 Å². The van der Waals surface area contributed by atoms with E-state index >= 15 is 0 Å². The number of carbonyl (C=O) groups is 1. The summed E-state index contributed by atoms with van der Waals surface area (Å²) in [7, 11) is 2.12. The van der Waals surface area contributed by atoms with Crippen molar-refractivity contribution in [1.82, 2.24) is 24.8 Å². The van der Waals surface area contributed by atoms with E-state index in [4.69, 9.17) is 4.98 Å². The van der Waals surface area contributed by atoms with E-state index in [2.05, 4.69) is 31.8 Å². The van der Waals surface area contributed by atoms with E-state index in [1.54, 1.807) is 29.8 Å². The van der Waals surface area contributed by atoms with Gasteiger partial charge in [-0.15, -0.1) is 11.3 Å². The van der Waals surface area contributed by atoms with E-state index in [0.717, 1.165) is 59.3 Å². The number of aryl methyl sites for hydroxylation is 1. The quantitative estimate of drug-likeness (QED) is 0.435. The van der Waals surface area contributed by atoms with Crippen LogP contribution in [0.3, 0.4) is 0 Å². The predicted molar refractivity (Wildman–Crippen MR) is 127 cm³/mol. The minimum atomic E-state index is 0.0290. The Morgan fingerprint density at radius 1 is 1.06 bits per heavy atom. The van der Waals surface area contributed by atoms with Crippen LogP contribution in [0.5, 0.6) is 0 Å². The second-order valence-electron chi connectivity index (χ2n) is 8.15. The van der Waals surface area contributed by atoms with Crippen molar-refractivity contribution in [2.24, 2.45) is 0 Å². The summed E-state index contributed by atoms with van der Waals surface area (Å²) in [5.74, 6) is 0.891. The molecule has 162 valence electrons. The maximum atomic E-state index is 13.0. The molecule has 1 saturated heterocycles. The average Bonchev–Trinajstić information content (AvgIpc) is 3.25. The van der Waals surface area contributed by atoms with Crippen LogP contribution in [0.2, 0.25) is 0 Å². The van der Waals surface area contributed by atoms with Crippen molar-refractivity contribution in [3.63, 3.8) is 0 Å². The summed E-state index contributed by atoms with van der Waals surface area (Å²) in [4.78, 5) is 35.8. The lowest BCUT2D eigenvalue weighted by atomic mass is 10.1. The minimum absolute atomic E-state index is 0.0290. The molecule has 1 aliphatic rings. The number of rotatable bonds is 5. The van der Waals surface area contributed by atoms with Gasteiger partial charge in [-0.2, -0.15) is 0 Å². The first-order chi connectivity index (χ1) is 15.5. The molecule has 5 rings (SSSR count). The number of fused-ring (bicyclic) bond motifs is 1. The van der Waals surface area contributed by atoms with Crippen LogP contribution in [0.25, 0.3) is 21.6 Å². The molecule has 1 fully saturated rings. The third-order valence-electron chi connectivity index (χ3n) is 5.70. The lowest BCUT2D eigenvalue weighted by Gasteiger charge is -2.33. The van der Waals surface area contributed by atoms with Gasteiger partial charge in [0, 0.05) is 60.6 Å². The number of nitrogens with zero attached hydrogens (tertiary/aromatic N) is 6. The topological polar surface area (TPSA) is 75.1 Å². The first-order valence-corrected chi connectivity index (χ1v) is 11.5. The number of Topliss-reactive ketones (excluding diaryl/α,β-unsaturated/α-hetero) is 1. The molecular weight excluding hydrogens is 420 g/mol. The Bertz CT molecular complexity index is 1280. The fraction of sp³-hybridized carbons (Fsp3) is 0.292. The van der Waals surface area contributed by atoms with E-state index < -0.39 is 0 Å². The van der Waals surface area contributed by atoms with Gasteiger partial charge in [-0.05, 0) is 44.3 Å². The van der Waals surface area contributed by atoms with Gasteiger partial charge in [-0.25, -0.2) is 15.0 Å². The molecule has 0 amide bonds. The highest BCUT2D eigenvalue weighted by Gasteiger charge is 2.17. The molecule has 5 heterocycles. The Morgan fingerprint density at radius 2 is 1.91 bits per heavy atom. The SMILES string of the molecule is Cc1csc(-c2ccc3cnc(CC(=O)c4ccnc(N5CCN(C)CC5)c4)cc3n2)n1. The van der Waals surface area contributed by atoms with Crippen LogP contribution >= 0.6 is 11.3 Å². The Morgan fingerprint density at radius 3 is 2.69 bits per heavy atom. The number of anilines is 1. The van der Waals surface area contributed by atoms with E-state index in [-0.39, 0.29) is 12.2 Å². The van der Waals surface area contributed by atoms with Gasteiger partial charge in [-0.1, -0.05) is 0 Å². The molecule has 0 radical (unpaired) electrons. The van der Waals surface area contributed by atoms with Crippen molar-refractivity contribution < 1.29 is 4.79 Å². The zero-order valence-corrected chi connectivity index (χ0v) is 19.0. The Balaban J connectivity index is 1.36. The molecule has 0 bridgehead atoms. The molecule has 7 nitrogen and oxygen atoms in total. The van der Waals surface area contributed by atoms with E-state index in [0.29, 0.717) is 11.3 Å². The number of aromatic nitrogens is 4. The number of hydrogen-bond acceptors (Lipinski definition) is 8. The van der Waals surface area contributed by atoms with Crippen molar-refractivity contribution in [1.29, 1.82) is 0 Å². The first-order valence-electron chi connectivity index (χ1n) is 10.7. The molecule has 1 aliphatic heterocycles. The van der Waals surface area contributed by atoms with Crippen LogP contribution < -0.4 is 4.90 Å². The summed E-state index contributed by atoms with van der Waals surface area (Å²) in [6.07, 6.45) is 3.73. The monoisotopic (exact) mass is 444 g/mol. The zero-order valence-electron chi connectivity index (χ0n) is 18.2. The van der Waals surface area contributed by atoms with Crippen molar-refractivity contribution >= 4 is 33.8 Å². The van der Waals surface area contributed by atoms with E-state index in [1.165, 1.54) is 0 Å². The molecule has 0 saturated carbocycles. The summed E-state index contributed by atoms with van der Waals surface area (Å²) in [5.41, 5.74) is 4.02. The maximum Gasteiger partial charge on any atom is 0.169 e. The number of piperazine rings is 1. The minimum Gasteiger partial charge on any atom is -0.354 e. The molecule has 0 aliphatic carbocycles. The summed E-state index contributed by atoms with van der Waals surface area (Å²) in [5, 5.41) is 3.86. The standard InChI is InChI=1S/C24H24N6OS/c1-16-15-32-24(27-16)20-4-3-18-14-26-19(12-21(18)28-20)13-22(31)17-5-6-25-23(11-17)30-9-7-29(2)8-10-30/h3-6,11-12,14-15H,7-10,13H2,1-2H3. The number of hydrogen-bond donors (Lipinski definition) is 0. The second kappa shape index (κ2) is 8.72. The zero-order chi connectivity index (χ0) is 22.1. The van der Waals surface area contributed by atoms with Crippen LogP contribution in [0.15, 0.2) is 48.1 Å². The molecule has 0 aromatic carbocycles. The molecule has 4 aromatic heterocycles. The van der Waals surface area contributed by atoms with Crippen molar-refractivity contribution in [3.8, 4) is 10.7 Å². The highest BCUT2D eigenvalue weighted by atomic mass is 32.1. The molecule has 8 heteroatoms. The van der Waals surface area contributed by atoms with Gasteiger partial charge in [0.05, 0.1) is 23.3 Å². The Kier molecular flexibility index (Phi) is 5.63. The summed E-state index contributed by atoms with van der Waals surface area (Å²) in [6.45, 7) is 5.80. The molecule has 0 spiro atoms. The summed E-state index contributed by atoms with van der Waals surface area (Å²) < 4.78 is 0.